The van der Waals surface area contributed by atoms with E-state index in [9.17, 15) is 4.39 Å². The van der Waals surface area contributed by atoms with Crippen LogP contribution in [0.1, 0.15) is 32.3 Å². The highest BCUT2D eigenvalue weighted by Gasteiger charge is 2.26. The van der Waals surface area contributed by atoms with Gasteiger partial charge in [0.1, 0.15) is 11.7 Å². The third kappa shape index (κ3) is 2.35. The molecular formula is C13H16FN3. The lowest BCUT2D eigenvalue weighted by atomic mass is 10.0. The van der Waals surface area contributed by atoms with Crippen LogP contribution in [-0.2, 0) is 0 Å². The molecule has 0 fully saturated rings. The molecule has 0 saturated heterocycles. The Morgan fingerprint density at radius 1 is 1.18 bits per heavy atom. The molecule has 0 bridgehead atoms. The van der Waals surface area contributed by atoms with Gasteiger partial charge in [0.15, 0.2) is 5.66 Å². The zero-order valence-electron chi connectivity index (χ0n) is 10.1. The van der Waals surface area contributed by atoms with Crippen molar-refractivity contribution in [2.45, 2.75) is 32.4 Å². The molecule has 1 aromatic rings. The minimum absolute atomic E-state index is 0.240. The molecule has 0 aromatic heterocycles. The topological polar surface area (TPSA) is 36.8 Å². The molecule has 0 atom stereocenters. The number of nitrogens with zero attached hydrogens (tertiary/aromatic N) is 2. The standard InChI is InChI=1S/C13H16FN3/c1-3-13(4-2)16-9-15-12(17-13)10-5-7-11(14)8-6-10/h5-9H,3-4H2,1-2H3,(H,15,16,17). The summed E-state index contributed by atoms with van der Waals surface area (Å²) in [6.45, 7) is 4.13. The Balaban J connectivity index is 2.33. The van der Waals surface area contributed by atoms with Gasteiger partial charge >= 0.3 is 0 Å². The predicted molar refractivity (Wildman–Crippen MR) is 67.9 cm³/mol. The van der Waals surface area contributed by atoms with Crippen molar-refractivity contribution in [2.24, 2.45) is 9.98 Å². The van der Waals surface area contributed by atoms with E-state index in [-0.39, 0.29) is 11.5 Å². The summed E-state index contributed by atoms with van der Waals surface area (Å²) in [4.78, 5) is 9.03. The van der Waals surface area contributed by atoms with Crippen LogP contribution < -0.4 is 5.32 Å². The van der Waals surface area contributed by atoms with E-state index in [1.807, 2.05) is 0 Å². The highest BCUT2D eigenvalue weighted by atomic mass is 19.1. The Hall–Kier alpha value is -1.71. The van der Waals surface area contributed by atoms with E-state index in [1.54, 1.807) is 18.5 Å². The van der Waals surface area contributed by atoms with Crippen LogP contribution in [0.25, 0.3) is 0 Å². The fourth-order valence-corrected chi connectivity index (χ4v) is 1.83. The quantitative estimate of drug-likeness (QED) is 0.856. The van der Waals surface area contributed by atoms with Crippen LogP contribution >= 0.6 is 0 Å². The summed E-state index contributed by atoms with van der Waals surface area (Å²) in [6.07, 6.45) is 3.39. The number of halogens is 1. The highest BCUT2D eigenvalue weighted by molar-refractivity contribution is 6.05. The van der Waals surface area contributed by atoms with Gasteiger partial charge in [0.05, 0.1) is 6.34 Å². The van der Waals surface area contributed by atoms with Gasteiger partial charge in [-0.05, 0) is 37.1 Å². The fraction of sp³-hybridized carbons (Fsp3) is 0.385. The Morgan fingerprint density at radius 2 is 1.82 bits per heavy atom. The molecule has 17 heavy (non-hydrogen) atoms. The van der Waals surface area contributed by atoms with Crippen LogP contribution in [0.5, 0.6) is 0 Å². The van der Waals surface area contributed by atoms with Crippen LogP contribution in [0.15, 0.2) is 34.3 Å². The third-order valence-electron chi connectivity index (χ3n) is 3.08. The molecule has 1 aliphatic rings. The minimum atomic E-state index is -0.366. The maximum atomic E-state index is 12.9. The van der Waals surface area contributed by atoms with Gasteiger partial charge in [-0.25, -0.2) is 14.4 Å². The maximum absolute atomic E-state index is 12.9. The molecule has 2 rings (SSSR count). The van der Waals surface area contributed by atoms with Gasteiger partial charge in [0.25, 0.3) is 0 Å². The first kappa shape index (κ1) is 11.8. The second kappa shape index (κ2) is 4.65. The van der Waals surface area contributed by atoms with Crippen molar-refractivity contribution in [3.8, 4) is 0 Å². The number of aliphatic imine (C=N–C) groups is 2. The summed E-state index contributed by atoms with van der Waals surface area (Å²) >= 11 is 0. The van der Waals surface area contributed by atoms with Gasteiger partial charge in [-0.2, -0.15) is 0 Å². The van der Waals surface area contributed by atoms with E-state index in [1.165, 1.54) is 12.1 Å². The van der Waals surface area contributed by atoms with E-state index < -0.39 is 0 Å². The van der Waals surface area contributed by atoms with Crippen molar-refractivity contribution in [3.63, 3.8) is 0 Å². The first-order valence-electron chi connectivity index (χ1n) is 5.85. The summed E-state index contributed by atoms with van der Waals surface area (Å²) < 4.78 is 12.9. The number of rotatable bonds is 3. The summed E-state index contributed by atoms with van der Waals surface area (Å²) in [7, 11) is 0. The number of hydrogen-bond donors (Lipinski definition) is 1. The molecule has 1 aliphatic heterocycles. The lowest BCUT2D eigenvalue weighted by Crippen LogP contribution is -2.36. The Labute approximate surface area is 100 Å². The lowest BCUT2D eigenvalue weighted by Gasteiger charge is -2.27. The number of nitrogens with one attached hydrogen (secondary N) is 1. The summed E-state index contributed by atoms with van der Waals surface area (Å²) in [6, 6.07) is 6.31. The molecule has 0 unspecified atom stereocenters. The van der Waals surface area contributed by atoms with Gasteiger partial charge in [-0.15, -0.1) is 0 Å². The molecule has 0 spiro atoms. The van der Waals surface area contributed by atoms with E-state index in [4.69, 9.17) is 0 Å². The first-order chi connectivity index (χ1) is 8.19. The van der Waals surface area contributed by atoms with Crippen LogP contribution in [0.4, 0.5) is 4.39 Å². The average Bonchev–Trinajstić information content (AvgIpc) is 2.39. The van der Waals surface area contributed by atoms with E-state index in [2.05, 4.69) is 29.1 Å². The fourth-order valence-electron chi connectivity index (χ4n) is 1.83. The number of benzene rings is 1. The molecule has 1 aromatic carbocycles. The Bertz CT molecular complexity index is 444. The minimum Gasteiger partial charge on any atom is -0.331 e. The van der Waals surface area contributed by atoms with Gasteiger partial charge in [-0.1, -0.05) is 13.8 Å². The average molecular weight is 233 g/mol. The van der Waals surface area contributed by atoms with Crippen molar-refractivity contribution >= 4 is 12.2 Å². The van der Waals surface area contributed by atoms with Gasteiger partial charge < -0.3 is 5.32 Å². The van der Waals surface area contributed by atoms with Crippen molar-refractivity contribution < 1.29 is 4.39 Å². The summed E-state index contributed by atoms with van der Waals surface area (Å²) in [5.41, 5.74) is 0.512. The molecule has 90 valence electrons. The third-order valence-corrected chi connectivity index (χ3v) is 3.08. The zero-order chi connectivity index (χ0) is 12.3. The van der Waals surface area contributed by atoms with Gasteiger partial charge in [-0.3, -0.25) is 0 Å². The molecule has 4 heteroatoms. The molecule has 3 nitrogen and oxygen atoms in total. The van der Waals surface area contributed by atoms with E-state index >= 15 is 0 Å². The molecule has 0 saturated carbocycles. The molecule has 0 radical (unpaired) electrons. The van der Waals surface area contributed by atoms with Gasteiger partial charge in [0, 0.05) is 5.56 Å². The predicted octanol–water partition coefficient (Wildman–Crippen LogP) is 2.72. The second-order valence-electron chi connectivity index (χ2n) is 4.06. The Morgan fingerprint density at radius 3 is 2.41 bits per heavy atom. The highest BCUT2D eigenvalue weighted by Crippen LogP contribution is 2.24. The Kier molecular flexibility index (Phi) is 3.22. The van der Waals surface area contributed by atoms with Gasteiger partial charge in [0.2, 0.25) is 0 Å². The van der Waals surface area contributed by atoms with Crippen molar-refractivity contribution in [1.29, 1.82) is 0 Å². The lowest BCUT2D eigenvalue weighted by molar-refractivity contribution is 0.415. The van der Waals surface area contributed by atoms with Crippen LogP contribution in [-0.4, -0.2) is 17.8 Å². The number of hydrogen-bond acceptors (Lipinski definition) is 3. The zero-order valence-corrected chi connectivity index (χ0v) is 10.1. The van der Waals surface area contributed by atoms with Crippen LogP contribution in [0.3, 0.4) is 0 Å². The second-order valence-corrected chi connectivity index (χ2v) is 4.06. The van der Waals surface area contributed by atoms with E-state index in [0.29, 0.717) is 0 Å². The molecule has 0 aliphatic carbocycles. The van der Waals surface area contributed by atoms with E-state index in [0.717, 1.165) is 24.2 Å². The SMILES string of the molecule is CCC1(CC)N=CNC(c2ccc(F)cc2)=N1. The van der Waals surface area contributed by atoms with Crippen molar-refractivity contribution in [1.82, 2.24) is 5.32 Å². The maximum Gasteiger partial charge on any atom is 0.153 e. The smallest absolute Gasteiger partial charge is 0.153 e. The largest absolute Gasteiger partial charge is 0.331 e. The normalized spacial score (nSPS) is 17.5. The summed E-state index contributed by atoms with van der Waals surface area (Å²) in [5.74, 6) is 0.514. The van der Waals surface area contributed by atoms with Crippen molar-refractivity contribution in [2.75, 3.05) is 0 Å². The molecular weight excluding hydrogens is 217 g/mol. The van der Waals surface area contributed by atoms with Crippen LogP contribution in [0.2, 0.25) is 0 Å². The molecule has 0 amide bonds. The first-order valence-corrected chi connectivity index (χ1v) is 5.85. The molecule has 1 heterocycles. The number of amidine groups is 1. The summed E-state index contributed by atoms with van der Waals surface area (Å²) in [5, 5.41) is 3.01. The monoisotopic (exact) mass is 233 g/mol. The van der Waals surface area contributed by atoms with Crippen LogP contribution in [0, 0.1) is 5.82 Å². The molecule has 1 N–H and O–H groups in total. The van der Waals surface area contributed by atoms with Crippen molar-refractivity contribution in [3.05, 3.63) is 35.6 Å².